The van der Waals surface area contributed by atoms with Gasteiger partial charge in [-0.2, -0.15) is 0 Å². The molecule has 1 aromatic rings. The maximum absolute atomic E-state index is 11.7. The molecule has 22 heavy (non-hydrogen) atoms. The average Bonchev–Trinajstić information content (AvgIpc) is 2.44. The van der Waals surface area contributed by atoms with Crippen molar-refractivity contribution in [1.29, 1.82) is 0 Å². The molecule has 0 aliphatic rings. The van der Waals surface area contributed by atoms with E-state index in [1.165, 1.54) is 26.4 Å². The Morgan fingerprint density at radius 3 is 2.18 bits per heavy atom. The lowest BCUT2D eigenvalue weighted by atomic mass is 10.1. The van der Waals surface area contributed by atoms with Crippen molar-refractivity contribution in [1.82, 2.24) is 0 Å². The van der Waals surface area contributed by atoms with Gasteiger partial charge in [-0.05, 0) is 18.9 Å². The number of carbonyl (C=O) groups excluding carboxylic acids is 1. The summed E-state index contributed by atoms with van der Waals surface area (Å²) in [5, 5.41) is 11.2. The van der Waals surface area contributed by atoms with Crippen LogP contribution in [0.2, 0.25) is 0 Å². The Kier molecular flexibility index (Phi) is 6.15. The fourth-order valence-electron chi connectivity index (χ4n) is 2.01. The molecule has 1 aromatic carbocycles. The second-order valence-electron chi connectivity index (χ2n) is 5.25. The monoisotopic (exact) mass is 311 g/mol. The number of nitro benzene ring substituents is 1. The van der Waals surface area contributed by atoms with Gasteiger partial charge in [0.2, 0.25) is 0 Å². The molecule has 1 atom stereocenters. The minimum absolute atomic E-state index is 0.153. The van der Waals surface area contributed by atoms with E-state index in [2.05, 4.69) is 0 Å². The summed E-state index contributed by atoms with van der Waals surface area (Å²) in [7, 11) is 2.83. The Labute approximate surface area is 129 Å². The van der Waals surface area contributed by atoms with Crippen molar-refractivity contribution in [3.05, 3.63) is 27.8 Å². The van der Waals surface area contributed by atoms with E-state index in [9.17, 15) is 14.9 Å². The molecule has 0 N–H and O–H groups in total. The number of nitro groups is 1. The SMILES string of the molecule is COc1cc(C(C)OC(=O)CC(C)C)c([N+](=O)[O-])cc1OC. The van der Waals surface area contributed by atoms with Gasteiger partial charge >= 0.3 is 5.97 Å². The standard InChI is InChI=1S/C15H21NO6/c1-9(2)6-15(17)22-10(3)11-7-13(20-4)14(21-5)8-12(11)16(18)19/h7-10H,6H2,1-5H3. The Morgan fingerprint density at radius 2 is 1.73 bits per heavy atom. The summed E-state index contributed by atoms with van der Waals surface area (Å²) in [5.41, 5.74) is 0.0854. The van der Waals surface area contributed by atoms with Crippen LogP contribution in [-0.2, 0) is 9.53 Å². The number of nitrogens with zero attached hydrogens (tertiary/aromatic N) is 1. The molecule has 0 aromatic heterocycles. The van der Waals surface area contributed by atoms with Crippen LogP contribution in [0.3, 0.4) is 0 Å². The molecule has 1 rings (SSSR count). The van der Waals surface area contributed by atoms with Crippen molar-refractivity contribution in [2.45, 2.75) is 33.3 Å². The predicted molar refractivity (Wildman–Crippen MR) is 80.2 cm³/mol. The molecule has 1 unspecified atom stereocenters. The number of carbonyl (C=O) groups is 1. The molecule has 7 nitrogen and oxygen atoms in total. The van der Waals surface area contributed by atoms with Crippen LogP contribution in [0, 0.1) is 16.0 Å². The fraction of sp³-hybridized carbons (Fsp3) is 0.533. The van der Waals surface area contributed by atoms with Gasteiger partial charge in [-0.15, -0.1) is 0 Å². The molecule has 122 valence electrons. The second-order valence-corrected chi connectivity index (χ2v) is 5.25. The highest BCUT2D eigenvalue weighted by Crippen LogP contribution is 2.38. The van der Waals surface area contributed by atoms with E-state index in [0.29, 0.717) is 5.75 Å². The smallest absolute Gasteiger partial charge is 0.306 e. The molecule has 0 heterocycles. The van der Waals surface area contributed by atoms with E-state index in [4.69, 9.17) is 14.2 Å². The predicted octanol–water partition coefficient (Wildman–Crippen LogP) is 3.26. The number of hydrogen-bond donors (Lipinski definition) is 0. The van der Waals surface area contributed by atoms with E-state index >= 15 is 0 Å². The van der Waals surface area contributed by atoms with Gasteiger partial charge in [0.25, 0.3) is 5.69 Å². The molecule has 0 amide bonds. The number of rotatable bonds is 7. The van der Waals surface area contributed by atoms with Crippen molar-refractivity contribution in [2.24, 2.45) is 5.92 Å². The van der Waals surface area contributed by atoms with Gasteiger partial charge in [-0.3, -0.25) is 14.9 Å². The maximum Gasteiger partial charge on any atom is 0.306 e. The van der Waals surface area contributed by atoms with Crippen LogP contribution in [0.15, 0.2) is 12.1 Å². The highest BCUT2D eigenvalue weighted by Gasteiger charge is 2.25. The first-order valence-corrected chi connectivity index (χ1v) is 6.89. The van der Waals surface area contributed by atoms with Crippen LogP contribution in [0.25, 0.3) is 0 Å². The summed E-state index contributed by atoms with van der Waals surface area (Å²) in [6, 6.07) is 2.73. The third kappa shape index (κ3) is 4.34. The lowest BCUT2D eigenvalue weighted by Crippen LogP contribution is -2.12. The highest BCUT2D eigenvalue weighted by molar-refractivity contribution is 5.70. The topological polar surface area (TPSA) is 87.9 Å². The summed E-state index contributed by atoms with van der Waals surface area (Å²) in [6.07, 6.45) is -0.503. The Balaban J connectivity index is 3.15. The Hall–Kier alpha value is -2.31. The lowest BCUT2D eigenvalue weighted by molar-refractivity contribution is -0.386. The van der Waals surface area contributed by atoms with Gasteiger partial charge in [0.1, 0.15) is 6.10 Å². The van der Waals surface area contributed by atoms with Crippen LogP contribution in [0.1, 0.15) is 38.9 Å². The van der Waals surface area contributed by atoms with E-state index in [-0.39, 0.29) is 29.3 Å². The van der Waals surface area contributed by atoms with Crippen LogP contribution in [0.5, 0.6) is 11.5 Å². The fourth-order valence-corrected chi connectivity index (χ4v) is 2.01. The molecule has 0 saturated heterocycles. The third-order valence-electron chi connectivity index (χ3n) is 3.05. The van der Waals surface area contributed by atoms with E-state index in [0.717, 1.165) is 0 Å². The molecular weight excluding hydrogens is 290 g/mol. The molecule has 0 aliphatic heterocycles. The van der Waals surface area contributed by atoms with Crippen molar-refractivity contribution < 1.29 is 23.9 Å². The van der Waals surface area contributed by atoms with Gasteiger partial charge in [0.05, 0.1) is 30.8 Å². The van der Waals surface area contributed by atoms with Crippen molar-refractivity contribution in [3.63, 3.8) is 0 Å². The maximum atomic E-state index is 11.7. The third-order valence-corrected chi connectivity index (χ3v) is 3.05. The molecule has 0 saturated carbocycles. The molecule has 7 heteroatoms. The lowest BCUT2D eigenvalue weighted by Gasteiger charge is -2.16. The Morgan fingerprint density at radius 1 is 1.18 bits per heavy atom. The first-order chi connectivity index (χ1) is 10.3. The zero-order chi connectivity index (χ0) is 16.9. The highest BCUT2D eigenvalue weighted by atomic mass is 16.6. The molecule has 0 bridgehead atoms. The quantitative estimate of drug-likeness (QED) is 0.436. The number of esters is 1. The van der Waals surface area contributed by atoms with Crippen molar-refractivity contribution in [3.8, 4) is 11.5 Å². The van der Waals surface area contributed by atoms with Crippen molar-refractivity contribution in [2.75, 3.05) is 14.2 Å². The number of methoxy groups -OCH3 is 2. The normalized spacial score (nSPS) is 11.9. The molecule has 0 fully saturated rings. The average molecular weight is 311 g/mol. The van der Waals surface area contributed by atoms with E-state index in [1.54, 1.807) is 6.92 Å². The molecule has 0 aliphatic carbocycles. The minimum atomic E-state index is -0.758. The first-order valence-electron chi connectivity index (χ1n) is 6.89. The van der Waals surface area contributed by atoms with Gasteiger partial charge in [0, 0.05) is 6.42 Å². The van der Waals surface area contributed by atoms with Crippen molar-refractivity contribution >= 4 is 11.7 Å². The summed E-state index contributed by atoms with van der Waals surface area (Å²) in [4.78, 5) is 22.4. The van der Waals surface area contributed by atoms with Gasteiger partial charge in [-0.1, -0.05) is 13.8 Å². The van der Waals surface area contributed by atoms with Crippen LogP contribution >= 0.6 is 0 Å². The summed E-state index contributed by atoms with van der Waals surface area (Å²) in [6.45, 7) is 5.38. The summed E-state index contributed by atoms with van der Waals surface area (Å²) in [5.74, 6) is 0.347. The van der Waals surface area contributed by atoms with Crippen LogP contribution in [-0.4, -0.2) is 25.1 Å². The van der Waals surface area contributed by atoms with Gasteiger partial charge in [0.15, 0.2) is 11.5 Å². The van der Waals surface area contributed by atoms with Crippen LogP contribution < -0.4 is 9.47 Å². The minimum Gasteiger partial charge on any atom is -0.493 e. The number of benzene rings is 1. The first kappa shape index (κ1) is 17.7. The van der Waals surface area contributed by atoms with Gasteiger partial charge < -0.3 is 14.2 Å². The summed E-state index contributed by atoms with van der Waals surface area (Å²) >= 11 is 0. The largest absolute Gasteiger partial charge is 0.493 e. The molecule has 0 radical (unpaired) electrons. The molecular formula is C15H21NO6. The van der Waals surface area contributed by atoms with Crippen LogP contribution in [0.4, 0.5) is 5.69 Å². The second kappa shape index (κ2) is 7.63. The Bertz CT molecular complexity index is 555. The van der Waals surface area contributed by atoms with E-state index < -0.39 is 17.0 Å². The number of hydrogen-bond acceptors (Lipinski definition) is 6. The zero-order valence-electron chi connectivity index (χ0n) is 13.4. The molecule has 0 spiro atoms. The van der Waals surface area contributed by atoms with Gasteiger partial charge in [-0.25, -0.2) is 0 Å². The summed E-state index contributed by atoms with van der Waals surface area (Å²) < 4.78 is 15.5. The van der Waals surface area contributed by atoms with E-state index in [1.807, 2.05) is 13.8 Å². The zero-order valence-corrected chi connectivity index (χ0v) is 13.4. The number of ether oxygens (including phenoxy) is 3.